The smallest absolute Gasteiger partial charge is 0.159 e. The highest BCUT2D eigenvalue weighted by Crippen LogP contribution is 2.49. The summed E-state index contributed by atoms with van der Waals surface area (Å²) < 4.78 is 0. The maximum absolute atomic E-state index is 11.9. The highest BCUT2D eigenvalue weighted by molar-refractivity contribution is 5.94. The summed E-state index contributed by atoms with van der Waals surface area (Å²) in [6.45, 7) is 5.96. The van der Waals surface area contributed by atoms with Crippen LogP contribution in [0.5, 0.6) is 0 Å². The van der Waals surface area contributed by atoms with E-state index in [9.17, 15) is 9.90 Å². The molecule has 2 nitrogen and oxygen atoms in total. The molecule has 2 aliphatic carbocycles. The Balaban J connectivity index is 2.50. The minimum atomic E-state index is -0.486. The molecule has 0 aromatic carbocycles. The molecule has 0 radical (unpaired) electrons. The van der Waals surface area contributed by atoms with Crippen molar-refractivity contribution in [2.24, 2.45) is 17.3 Å². The van der Waals surface area contributed by atoms with Crippen molar-refractivity contribution in [3.63, 3.8) is 0 Å². The SMILES string of the molecule is CC1=CC(=O)[C@@H]2CC=C[C@H](C)[C@]2(C)[C@@H]1O. The normalized spacial score (nSPS) is 44.9. The number of allylic oxidation sites excluding steroid dienone is 3. The van der Waals surface area contributed by atoms with Gasteiger partial charge in [-0.1, -0.05) is 26.0 Å². The number of carbonyl (C=O) groups excluding carboxylic acids is 1. The van der Waals surface area contributed by atoms with E-state index >= 15 is 0 Å². The Morgan fingerprint density at radius 2 is 2.20 bits per heavy atom. The number of fused-ring (bicyclic) bond motifs is 1. The van der Waals surface area contributed by atoms with Gasteiger partial charge in [-0.15, -0.1) is 0 Å². The highest BCUT2D eigenvalue weighted by atomic mass is 16.3. The third-order valence-corrected chi connectivity index (χ3v) is 4.26. The second kappa shape index (κ2) is 3.31. The van der Waals surface area contributed by atoms with Crippen LogP contribution >= 0.6 is 0 Å². The maximum atomic E-state index is 11.9. The van der Waals surface area contributed by atoms with Crippen LogP contribution in [0.15, 0.2) is 23.8 Å². The third-order valence-electron chi connectivity index (χ3n) is 4.26. The summed E-state index contributed by atoms with van der Waals surface area (Å²) >= 11 is 0. The Morgan fingerprint density at radius 3 is 2.87 bits per heavy atom. The fourth-order valence-corrected chi connectivity index (χ4v) is 2.95. The monoisotopic (exact) mass is 206 g/mol. The van der Waals surface area contributed by atoms with E-state index in [1.807, 2.05) is 13.8 Å². The number of hydrogen-bond donors (Lipinski definition) is 1. The van der Waals surface area contributed by atoms with E-state index < -0.39 is 6.10 Å². The van der Waals surface area contributed by atoms with Crippen LogP contribution in [0, 0.1) is 17.3 Å². The van der Waals surface area contributed by atoms with E-state index in [1.165, 1.54) is 0 Å². The Hall–Kier alpha value is -0.890. The highest BCUT2D eigenvalue weighted by Gasteiger charge is 2.50. The summed E-state index contributed by atoms with van der Waals surface area (Å²) in [4.78, 5) is 11.9. The first-order valence-corrected chi connectivity index (χ1v) is 5.54. The quantitative estimate of drug-likeness (QED) is 0.616. The summed E-state index contributed by atoms with van der Waals surface area (Å²) in [6, 6.07) is 0. The van der Waals surface area contributed by atoms with Gasteiger partial charge >= 0.3 is 0 Å². The average Bonchev–Trinajstić information content (AvgIpc) is 2.18. The number of carbonyl (C=O) groups is 1. The van der Waals surface area contributed by atoms with Gasteiger partial charge in [-0.3, -0.25) is 4.79 Å². The van der Waals surface area contributed by atoms with Crippen LogP contribution in [0.25, 0.3) is 0 Å². The van der Waals surface area contributed by atoms with E-state index in [2.05, 4.69) is 19.1 Å². The average molecular weight is 206 g/mol. The van der Waals surface area contributed by atoms with E-state index in [0.717, 1.165) is 12.0 Å². The van der Waals surface area contributed by atoms with Gasteiger partial charge in [0, 0.05) is 11.3 Å². The molecule has 0 heterocycles. The lowest BCUT2D eigenvalue weighted by Gasteiger charge is -2.48. The lowest BCUT2D eigenvalue weighted by atomic mass is 9.56. The molecule has 2 heteroatoms. The molecular formula is C13H18O2. The van der Waals surface area contributed by atoms with Crippen LogP contribution in [0.4, 0.5) is 0 Å². The molecule has 0 fully saturated rings. The van der Waals surface area contributed by atoms with Crippen LogP contribution < -0.4 is 0 Å². The molecule has 0 bridgehead atoms. The zero-order valence-corrected chi connectivity index (χ0v) is 9.53. The zero-order chi connectivity index (χ0) is 11.2. The summed E-state index contributed by atoms with van der Waals surface area (Å²) in [5.74, 6) is 0.381. The molecule has 0 aliphatic heterocycles. The van der Waals surface area contributed by atoms with Gasteiger partial charge in [-0.25, -0.2) is 0 Å². The molecule has 0 spiro atoms. The summed E-state index contributed by atoms with van der Waals surface area (Å²) in [7, 11) is 0. The Labute approximate surface area is 90.7 Å². The topological polar surface area (TPSA) is 37.3 Å². The Morgan fingerprint density at radius 1 is 1.53 bits per heavy atom. The van der Waals surface area contributed by atoms with Gasteiger partial charge < -0.3 is 5.11 Å². The van der Waals surface area contributed by atoms with E-state index in [4.69, 9.17) is 0 Å². The first-order chi connectivity index (χ1) is 6.98. The summed E-state index contributed by atoms with van der Waals surface area (Å²) in [5, 5.41) is 10.3. The van der Waals surface area contributed by atoms with Crippen molar-refractivity contribution < 1.29 is 9.90 Å². The second-order valence-corrected chi connectivity index (χ2v) is 5.06. The van der Waals surface area contributed by atoms with Gasteiger partial charge in [-0.05, 0) is 30.9 Å². The molecule has 0 saturated heterocycles. The van der Waals surface area contributed by atoms with Crippen molar-refractivity contribution >= 4 is 5.78 Å². The molecule has 4 atom stereocenters. The molecule has 0 aromatic rings. The standard InChI is InChI=1S/C13H18O2/c1-8-7-11(14)10-6-4-5-9(2)13(10,3)12(8)15/h4-5,7,9-10,12,15H,6H2,1-3H3/t9-,10-,12+,13-/m0/s1. The molecule has 0 aromatic heterocycles. The summed E-state index contributed by atoms with van der Waals surface area (Å²) in [6.07, 6.45) is 6.07. The van der Waals surface area contributed by atoms with Crippen molar-refractivity contribution in [2.75, 3.05) is 0 Å². The van der Waals surface area contributed by atoms with Crippen molar-refractivity contribution in [3.8, 4) is 0 Å². The number of aliphatic hydroxyl groups excluding tert-OH is 1. The lowest BCUT2D eigenvalue weighted by molar-refractivity contribution is -0.129. The van der Waals surface area contributed by atoms with Crippen molar-refractivity contribution in [1.29, 1.82) is 0 Å². The van der Waals surface area contributed by atoms with Crippen molar-refractivity contribution in [2.45, 2.75) is 33.3 Å². The van der Waals surface area contributed by atoms with Crippen LogP contribution in [0.3, 0.4) is 0 Å². The molecule has 2 aliphatic rings. The number of hydrogen-bond acceptors (Lipinski definition) is 2. The van der Waals surface area contributed by atoms with Crippen LogP contribution in [0.1, 0.15) is 27.2 Å². The predicted octanol–water partition coefficient (Wildman–Crippen LogP) is 2.09. The van der Waals surface area contributed by atoms with E-state index in [-0.39, 0.29) is 23.0 Å². The van der Waals surface area contributed by atoms with Gasteiger partial charge in [-0.2, -0.15) is 0 Å². The van der Waals surface area contributed by atoms with Gasteiger partial charge in [0.1, 0.15) is 0 Å². The molecule has 0 unspecified atom stereocenters. The molecule has 82 valence electrons. The Kier molecular flexibility index (Phi) is 2.34. The minimum Gasteiger partial charge on any atom is -0.388 e. The van der Waals surface area contributed by atoms with E-state index in [1.54, 1.807) is 6.08 Å². The van der Waals surface area contributed by atoms with Gasteiger partial charge in [0.2, 0.25) is 0 Å². The van der Waals surface area contributed by atoms with Gasteiger partial charge in [0.05, 0.1) is 6.10 Å². The minimum absolute atomic E-state index is 0.0452. The summed E-state index contributed by atoms with van der Waals surface area (Å²) in [5.41, 5.74) is 0.492. The second-order valence-electron chi connectivity index (χ2n) is 5.06. The third kappa shape index (κ3) is 1.31. The first-order valence-electron chi connectivity index (χ1n) is 5.54. The molecule has 15 heavy (non-hydrogen) atoms. The first kappa shape index (κ1) is 10.6. The van der Waals surface area contributed by atoms with Crippen molar-refractivity contribution in [1.82, 2.24) is 0 Å². The number of ketones is 1. The lowest BCUT2D eigenvalue weighted by Crippen LogP contribution is -2.51. The zero-order valence-electron chi connectivity index (χ0n) is 9.53. The number of aliphatic hydroxyl groups is 1. The molecular weight excluding hydrogens is 188 g/mol. The maximum Gasteiger partial charge on any atom is 0.159 e. The van der Waals surface area contributed by atoms with Gasteiger partial charge in [0.25, 0.3) is 0 Å². The molecule has 2 rings (SSSR count). The molecule has 0 saturated carbocycles. The van der Waals surface area contributed by atoms with Crippen LogP contribution in [-0.2, 0) is 4.79 Å². The fourth-order valence-electron chi connectivity index (χ4n) is 2.95. The van der Waals surface area contributed by atoms with E-state index in [0.29, 0.717) is 0 Å². The molecule has 0 amide bonds. The van der Waals surface area contributed by atoms with Crippen LogP contribution in [-0.4, -0.2) is 17.0 Å². The molecule has 1 N–H and O–H groups in total. The van der Waals surface area contributed by atoms with Crippen LogP contribution in [0.2, 0.25) is 0 Å². The largest absolute Gasteiger partial charge is 0.388 e. The Bertz CT molecular complexity index is 354. The predicted molar refractivity (Wildman–Crippen MR) is 59.3 cm³/mol. The van der Waals surface area contributed by atoms with Gasteiger partial charge in [0.15, 0.2) is 5.78 Å². The van der Waals surface area contributed by atoms with Crippen molar-refractivity contribution in [3.05, 3.63) is 23.8 Å². The fraction of sp³-hybridized carbons (Fsp3) is 0.615. The number of rotatable bonds is 0.